The second kappa shape index (κ2) is 7.30. The fourth-order valence-corrected chi connectivity index (χ4v) is 2.58. The number of esters is 1. The summed E-state index contributed by atoms with van der Waals surface area (Å²) in [6, 6.07) is 11.8. The van der Waals surface area contributed by atoms with E-state index in [1.165, 1.54) is 6.20 Å². The van der Waals surface area contributed by atoms with Gasteiger partial charge in [-0.3, -0.25) is 0 Å². The summed E-state index contributed by atoms with van der Waals surface area (Å²) >= 11 is 0. The van der Waals surface area contributed by atoms with Gasteiger partial charge in [-0.2, -0.15) is 0 Å². The maximum atomic E-state index is 12.5. The van der Waals surface area contributed by atoms with Crippen molar-refractivity contribution >= 4 is 28.4 Å². The number of fused-ring (bicyclic) bond motifs is 1. The molecule has 0 saturated carbocycles. The Morgan fingerprint density at radius 3 is 2.72 bits per heavy atom. The van der Waals surface area contributed by atoms with Crippen LogP contribution in [0.3, 0.4) is 0 Å². The van der Waals surface area contributed by atoms with Crippen molar-refractivity contribution in [1.29, 1.82) is 0 Å². The number of rotatable bonds is 5. The number of carbonyl (C=O) groups excluding carboxylic acids is 1. The number of aryl methyl sites for hydroxylation is 2. The number of aromatic nitrogens is 2. The highest BCUT2D eigenvalue weighted by Gasteiger charge is 2.18. The van der Waals surface area contributed by atoms with Crippen LogP contribution in [0.1, 0.15) is 35.0 Å². The van der Waals surface area contributed by atoms with Crippen LogP contribution in [0.5, 0.6) is 0 Å². The first kappa shape index (κ1) is 16.9. The summed E-state index contributed by atoms with van der Waals surface area (Å²) < 4.78 is 5.32. The highest BCUT2D eigenvalue weighted by Crippen LogP contribution is 2.30. The number of carbonyl (C=O) groups is 1. The average molecular weight is 335 g/mol. The molecule has 2 aromatic heterocycles. The van der Waals surface area contributed by atoms with Gasteiger partial charge in [0.25, 0.3) is 0 Å². The van der Waals surface area contributed by atoms with Gasteiger partial charge >= 0.3 is 5.97 Å². The lowest BCUT2D eigenvalue weighted by molar-refractivity contribution is 0.0506. The summed E-state index contributed by atoms with van der Waals surface area (Å²) in [5, 5.41) is 4.17. The van der Waals surface area contributed by atoms with E-state index in [4.69, 9.17) is 4.74 Å². The molecule has 0 spiro atoms. The van der Waals surface area contributed by atoms with Gasteiger partial charge in [0.1, 0.15) is 5.56 Å². The van der Waals surface area contributed by atoms with E-state index < -0.39 is 0 Å². The molecule has 128 valence electrons. The molecule has 5 heteroatoms. The zero-order valence-electron chi connectivity index (χ0n) is 14.7. The zero-order chi connectivity index (χ0) is 17.8. The van der Waals surface area contributed by atoms with Crippen molar-refractivity contribution in [3.05, 3.63) is 59.4 Å². The monoisotopic (exact) mass is 335 g/mol. The third kappa shape index (κ3) is 3.60. The maximum absolute atomic E-state index is 12.5. The first-order valence-electron chi connectivity index (χ1n) is 8.36. The van der Waals surface area contributed by atoms with Gasteiger partial charge in [0.15, 0.2) is 5.65 Å². The molecular weight excluding hydrogens is 314 g/mol. The molecule has 1 aromatic carbocycles. The standard InChI is InChI=1S/C20H21N3O2/c1-4-11-25-20(24)16-12-21-19-15(10-9-14(3)22-19)18(16)23-17-8-6-5-7-13(17)2/h5-10,12H,4,11H2,1-3H3,(H,21,22,23). The first-order chi connectivity index (χ1) is 12.1. The number of nitrogens with zero attached hydrogens (tertiary/aromatic N) is 2. The fourth-order valence-electron chi connectivity index (χ4n) is 2.58. The third-order valence-corrected chi connectivity index (χ3v) is 3.93. The van der Waals surface area contributed by atoms with Crippen LogP contribution in [0.2, 0.25) is 0 Å². The minimum atomic E-state index is -0.382. The number of hydrogen-bond acceptors (Lipinski definition) is 5. The Kier molecular flexibility index (Phi) is 4.93. The van der Waals surface area contributed by atoms with Crippen LogP contribution >= 0.6 is 0 Å². The van der Waals surface area contributed by atoms with E-state index >= 15 is 0 Å². The molecule has 0 radical (unpaired) electrons. The second-order valence-electron chi connectivity index (χ2n) is 5.95. The van der Waals surface area contributed by atoms with Crippen LogP contribution in [-0.2, 0) is 4.74 Å². The molecule has 0 fully saturated rings. The summed E-state index contributed by atoms with van der Waals surface area (Å²) in [6.45, 7) is 6.28. The van der Waals surface area contributed by atoms with Crippen molar-refractivity contribution in [2.24, 2.45) is 0 Å². The Labute approximate surface area is 147 Å². The molecule has 0 aliphatic carbocycles. The van der Waals surface area contributed by atoms with E-state index in [9.17, 15) is 4.79 Å². The molecule has 0 saturated heterocycles. The van der Waals surface area contributed by atoms with E-state index in [1.807, 2.05) is 57.2 Å². The van der Waals surface area contributed by atoms with Gasteiger partial charge in [-0.1, -0.05) is 25.1 Å². The number of benzene rings is 1. The SMILES string of the molecule is CCCOC(=O)c1cnc2nc(C)ccc2c1Nc1ccccc1C. The Hall–Kier alpha value is -2.95. The van der Waals surface area contributed by atoms with Crippen molar-refractivity contribution in [2.75, 3.05) is 11.9 Å². The van der Waals surface area contributed by atoms with Crippen molar-refractivity contribution in [3.8, 4) is 0 Å². The quantitative estimate of drug-likeness (QED) is 0.693. The van der Waals surface area contributed by atoms with Crippen LogP contribution in [0, 0.1) is 13.8 Å². The minimum Gasteiger partial charge on any atom is -0.462 e. The molecule has 25 heavy (non-hydrogen) atoms. The fraction of sp³-hybridized carbons (Fsp3) is 0.250. The number of hydrogen-bond donors (Lipinski definition) is 1. The first-order valence-corrected chi connectivity index (χ1v) is 8.36. The van der Waals surface area contributed by atoms with Gasteiger partial charge in [0, 0.05) is 23.0 Å². The number of anilines is 2. The van der Waals surface area contributed by atoms with E-state index in [2.05, 4.69) is 15.3 Å². The largest absolute Gasteiger partial charge is 0.462 e. The van der Waals surface area contributed by atoms with Gasteiger partial charge in [0.05, 0.1) is 12.3 Å². The highest BCUT2D eigenvalue weighted by atomic mass is 16.5. The molecule has 0 atom stereocenters. The van der Waals surface area contributed by atoms with Gasteiger partial charge < -0.3 is 10.1 Å². The third-order valence-electron chi connectivity index (χ3n) is 3.93. The summed E-state index contributed by atoms with van der Waals surface area (Å²) in [6.07, 6.45) is 2.31. The number of ether oxygens (including phenoxy) is 1. The minimum absolute atomic E-state index is 0.382. The van der Waals surface area contributed by atoms with Crippen LogP contribution in [0.25, 0.3) is 11.0 Å². The summed E-state index contributed by atoms with van der Waals surface area (Å²) in [5.41, 5.74) is 4.58. The molecule has 1 N–H and O–H groups in total. The summed E-state index contributed by atoms with van der Waals surface area (Å²) in [5.74, 6) is -0.382. The van der Waals surface area contributed by atoms with Crippen molar-refractivity contribution in [2.45, 2.75) is 27.2 Å². The smallest absolute Gasteiger partial charge is 0.341 e. The number of nitrogens with one attached hydrogen (secondary N) is 1. The van der Waals surface area contributed by atoms with Crippen molar-refractivity contribution in [1.82, 2.24) is 9.97 Å². The molecule has 3 aromatic rings. The number of para-hydroxylation sites is 1. The van der Waals surface area contributed by atoms with E-state index in [0.717, 1.165) is 28.8 Å². The normalized spacial score (nSPS) is 10.7. The number of pyridine rings is 2. The van der Waals surface area contributed by atoms with Crippen molar-refractivity contribution in [3.63, 3.8) is 0 Å². The topological polar surface area (TPSA) is 64.1 Å². The lowest BCUT2D eigenvalue weighted by Crippen LogP contribution is -2.10. The Balaban J connectivity index is 2.13. The van der Waals surface area contributed by atoms with Crippen LogP contribution in [-0.4, -0.2) is 22.5 Å². The second-order valence-corrected chi connectivity index (χ2v) is 5.95. The van der Waals surface area contributed by atoms with Gasteiger partial charge in [-0.15, -0.1) is 0 Å². The Morgan fingerprint density at radius 2 is 1.96 bits per heavy atom. The van der Waals surface area contributed by atoms with Crippen LogP contribution in [0.15, 0.2) is 42.6 Å². The molecule has 3 rings (SSSR count). The summed E-state index contributed by atoms with van der Waals surface area (Å²) in [4.78, 5) is 21.3. The average Bonchev–Trinajstić information content (AvgIpc) is 2.61. The van der Waals surface area contributed by atoms with E-state index in [-0.39, 0.29) is 5.97 Å². The van der Waals surface area contributed by atoms with E-state index in [0.29, 0.717) is 23.5 Å². The molecule has 0 unspecified atom stereocenters. The van der Waals surface area contributed by atoms with Gasteiger partial charge in [-0.05, 0) is 44.0 Å². The van der Waals surface area contributed by atoms with Crippen LogP contribution in [0.4, 0.5) is 11.4 Å². The molecule has 0 aliphatic rings. The summed E-state index contributed by atoms with van der Waals surface area (Å²) in [7, 11) is 0. The molecule has 0 aliphatic heterocycles. The lowest BCUT2D eigenvalue weighted by Gasteiger charge is -2.15. The predicted molar refractivity (Wildman–Crippen MR) is 99.3 cm³/mol. The molecule has 2 heterocycles. The van der Waals surface area contributed by atoms with Gasteiger partial charge in [0.2, 0.25) is 0 Å². The highest BCUT2D eigenvalue weighted by molar-refractivity contribution is 6.05. The zero-order valence-corrected chi connectivity index (χ0v) is 14.7. The van der Waals surface area contributed by atoms with E-state index in [1.54, 1.807) is 0 Å². The van der Waals surface area contributed by atoms with Crippen LogP contribution < -0.4 is 5.32 Å². The Morgan fingerprint density at radius 1 is 1.16 bits per heavy atom. The molecule has 0 bridgehead atoms. The molecule has 0 amide bonds. The maximum Gasteiger partial charge on any atom is 0.341 e. The Bertz CT molecular complexity index is 922. The molecule has 5 nitrogen and oxygen atoms in total. The van der Waals surface area contributed by atoms with Gasteiger partial charge in [-0.25, -0.2) is 14.8 Å². The van der Waals surface area contributed by atoms with Crippen molar-refractivity contribution < 1.29 is 9.53 Å². The lowest BCUT2D eigenvalue weighted by atomic mass is 10.1. The predicted octanol–water partition coefficient (Wildman–Crippen LogP) is 4.56. The molecular formula is C20H21N3O2.